The molecule has 1 aromatic heterocycles. The van der Waals surface area contributed by atoms with Gasteiger partial charge in [0.05, 0.1) is 0 Å². The number of nitrogens with zero attached hydrogens (tertiary/aromatic N) is 3. The molecule has 0 bridgehead atoms. The van der Waals surface area contributed by atoms with E-state index in [1.807, 2.05) is 24.3 Å². The van der Waals surface area contributed by atoms with Gasteiger partial charge in [-0.25, -0.2) is 0 Å². The zero-order valence-corrected chi connectivity index (χ0v) is 24.7. The summed E-state index contributed by atoms with van der Waals surface area (Å²) in [4.78, 5) is 2.23. The number of hydrogen-bond donors (Lipinski definition) is 0. The number of anilines is 3. The van der Waals surface area contributed by atoms with E-state index in [-0.39, 0.29) is 0 Å². The fourth-order valence-corrected chi connectivity index (χ4v) is 5.41. The fraction of sp³-hybridized carbons (Fsp3) is 0.179. The quantitative estimate of drug-likeness (QED) is 0.139. The van der Waals surface area contributed by atoms with Gasteiger partial charge in [0.1, 0.15) is 0 Å². The Hall–Kier alpha value is -4.96. The highest BCUT2D eigenvalue weighted by Crippen LogP contribution is 2.35. The molecule has 0 saturated heterocycles. The molecule has 214 valence electrons. The van der Waals surface area contributed by atoms with Gasteiger partial charge in [0, 0.05) is 28.2 Å². The van der Waals surface area contributed by atoms with Crippen LogP contribution in [0.3, 0.4) is 0 Å². The molecule has 6 aromatic rings. The second kappa shape index (κ2) is 13.8. The normalized spacial score (nSPS) is 11.0. The maximum atomic E-state index is 6.11. The molecule has 4 heteroatoms. The van der Waals surface area contributed by atoms with Crippen molar-refractivity contribution < 1.29 is 4.42 Å². The standard InChI is InChI=1S/C39H37N3O/c1-2-3-4-5-8-13-30-18-20-31(21-19-30)32-22-24-33(25-23-32)38-40-41-39(43-38)34-26-28-37(29-27-34)42(35-14-9-6-10-15-35)36-16-11-7-12-17-36/h6-7,9-12,14-29H,2-5,8,13H2,1H3. The summed E-state index contributed by atoms with van der Waals surface area (Å²) in [5.74, 6) is 1.01. The minimum atomic E-state index is 0.502. The maximum absolute atomic E-state index is 6.11. The lowest BCUT2D eigenvalue weighted by Crippen LogP contribution is -2.09. The number of unbranched alkanes of at least 4 members (excludes halogenated alkanes) is 4. The van der Waals surface area contributed by atoms with Crippen molar-refractivity contribution in [3.8, 4) is 34.0 Å². The largest absolute Gasteiger partial charge is 0.416 e. The van der Waals surface area contributed by atoms with Crippen LogP contribution in [0, 0.1) is 0 Å². The van der Waals surface area contributed by atoms with E-state index in [2.05, 4.69) is 131 Å². The Morgan fingerprint density at radius 3 is 1.44 bits per heavy atom. The van der Waals surface area contributed by atoms with E-state index in [4.69, 9.17) is 4.42 Å². The minimum absolute atomic E-state index is 0.502. The van der Waals surface area contributed by atoms with Crippen LogP contribution in [0.5, 0.6) is 0 Å². The van der Waals surface area contributed by atoms with E-state index in [0.29, 0.717) is 11.8 Å². The van der Waals surface area contributed by atoms with E-state index in [0.717, 1.165) is 34.6 Å². The molecule has 0 unspecified atom stereocenters. The third kappa shape index (κ3) is 6.92. The van der Waals surface area contributed by atoms with E-state index < -0.39 is 0 Å². The Labute approximate surface area is 254 Å². The molecule has 0 N–H and O–H groups in total. The highest BCUT2D eigenvalue weighted by molar-refractivity contribution is 5.77. The minimum Gasteiger partial charge on any atom is -0.416 e. The highest BCUT2D eigenvalue weighted by Gasteiger charge is 2.14. The SMILES string of the molecule is CCCCCCCc1ccc(-c2ccc(-c3nnc(-c4ccc(N(c5ccccc5)c5ccccc5)cc4)o3)cc2)cc1. The van der Waals surface area contributed by atoms with Crippen molar-refractivity contribution >= 4 is 17.1 Å². The summed E-state index contributed by atoms with van der Waals surface area (Å²) in [5, 5.41) is 8.70. The molecule has 0 fully saturated rings. The van der Waals surface area contributed by atoms with E-state index in [1.54, 1.807) is 0 Å². The van der Waals surface area contributed by atoms with Crippen molar-refractivity contribution in [2.24, 2.45) is 0 Å². The molecule has 43 heavy (non-hydrogen) atoms. The molecule has 0 radical (unpaired) electrons. The van der Waals surface area contributed by atoms with Gasteiger partial charge in [0.2, 0.25) is 11.8 Å². The second-order valence-electron chi connectivity index (χ2n) is 10.9. The van der Waals surface area contributed by atoms with Crippen molar-refractivity contribution in [1.82, 2.24) is 10.2 Å². The summed E-state index contributed by atoms with van der Waals surface area (Å²) in [6, 6.07) is 46.3. The van der Waals surface area contributed by atoms with Gasteiger partial charge in [-0.15, -0.1) is 10.2 Å². The molecule has 0 aliphatic rings. The summed E-state index contributed by atoms with van der Waals surface area (Å²) in [6.07, 6.45) is 7.72. The van der Waals surface area contributed by atoms with Crippen molar-refractivity contribution in [2.75, 3.05) is 4.90 Å². The molecular weight excluding hydrogens is 526 g/mol. The molecule has 4 nitrogen and oxygen atoms in total. The summed E-state index contributed by atoms with van der Waals surface area (Å²) in [7, 11) is 0. The van der Waals surface area contributed by atoms with Gasteiger partial charge in [-0.1, -0.05) is 105 Å². The molecule has 0 atom stereocenters. The third-order valence-electron chi connectivity index (χ3n) is 7.81. The van der Waals surface area contributed by atoms with Gasteiger partial charge in [0.15, 0.2) is 0 Å². The molecule has 6 rings (SSSR count). The lowest BCUT2D eigenvalue weighted by atomic mass is 10.00. The van der Waals surface area contributed by atoms with Crippen LogP contribution in [0.4, 0.5) is 17.1 Å². The van der Waals surface area contributed by atoms with Crippen molar-refractivity contribution in [1.29, 1.82) is 0 Å². The smallest absolute Gasteiger partial charge is 0.248 e. The predicted octanol–water partition coefficient (Wildman–Crippen LogP) is 11.1. The first-order chi connectivity index (χ1) is 21.3. The van der Waals surface area contributed by atoms with Crippen molar-refractivity contribution in [3.05, 3.63) is 139 Å². The first-order valence-corrected chi connectivity index (χ1v) is 15.3. The third-order valence-corrected chi connectivity index (χ3v) is 7.81. The van der Waals surface area contributed by atoms with Gasteiger partial charge < -0.3 is 9.32 Å². The summed E-state index contributed by atoms with van der Waals surface area (Å²) in [6.45, 7) is 2.26. The Morgan fingerprint density at radius 2 is 0.907 bits per heavy atom. The number of benzene rings is 5. The van der Waals surface area contributed by atoms with Gasteiger partial charge in [-0.2, -0.15) is 0 Å². The molecular formula is C39H37N3O. The number of aromatic nitrogens is 2. The average molecular weight is 564 g/mol. The van der Waals surface area contributed by atoms with Crippen LogP contribution in [0.2, 0.25) is 0 Å². The predicted molar refractivity (Wildman–Crippen MR) is 178 cm³/mol. The molecule has 0 aliphatic carbocycles. The zero-order valence-electron chi connectivity index (χ0n) is 24.7. The van der Waals surface area contributed by atoms with E-state index in [9.17, 15) is 0 Å². The second-order valence-corrected chi connectivity index (χ2v) is 10.9. The average Bonchev–Trinajstić information content (AvgIpc) is 3.57. The summed E-state index contributed by atoms with van der Waals surface area (Å²) in [5.41, 5.74) is 8.83. The van der Waals surface area contributed by atoms with Crippen LogP contribution in [0.15, 0.2) is 138 Å². The van der Waals surface area contributed by atoms with Crippen LogP contribution >= 0.6 is 0 Å². The van der Waals surface area contributed by atoms with Crippen LogP contribution < -0.4 is 4.90 Å². The van der Waals surface area contributed by atoms with Crippen molar-refractivity contribution in [2.45, 2.75) is 45.4 Å². The zero-order chi connectivity index (χ0) is 29.3. The summed E-state index contributed by atoms with van der Waals surface area (Å²) >= 11 is 0. The van der Waals surface area contributed by atoms with Crippen molar-refractivity contribution in [3.63, 3.8) is 0 Å². The lowest BCUT2D eigenvalue weighted by Gasteiger charge is -2.25. The van der Waals surface area contributed by atoms with Gasteiger partial charge >= 0.3 is 0 Å². The molecule has 5 aromatic carbocycles. The first kappa shape index (κ1) is 28.2. The summed E-state index contributed by atoms with van der Waals surface area (Å²) < 4.78 is 6.11. The number of hydrogen-bond acceptors (Lipinski definition) is 4. The highest BCUT2D eigenvalue weighted by atomic mass is 16.4. The van der Waals surface area contributed by atoms with Crippen LogP contribution in [0.1, 0.15) is 44.6 Å². The molecule has 1 heterocycles. The van der Waals surface area contributed by atoms with Crippen LogP contribution in [-0.4, -0.2) is 10.2 Å². The van der Waals surface area contributed by atoms with E-state index >= 15 is 0 Å². The number of para-hydroxylation sites is 2. The molecule has 0 amide bonds. The maximum Gasteiger partial charge on any atom is 0.248 e. The topological polar surface area (TPSA) is 42.2 Å². The number of rotatable bonds is 12. The monoisotopic (exact) mass is 563 g/mol. The Balaban J connectivity index is 1.14. The van der Waals surface area contributed by atoms with Gasteiger partial charge in [-0.05, 0) is 90.2 Å². The Morgan fingerprint density at radius 1 is 0.465 bits per heavy atom. The number of aryl methyl sites for hydroxylation is 1. The Bertz CT molecular complexity index is 1650. The molecule has 0 saturated carbocycles. The molecule has 0 aliphatic heterocycles. The van der Waals surface area contributed by atoms with Crippen LogP contribution in [0.25, 0.3) is 34.0 Å². The van der Waals surface area contributed by atoms with E-state index in [1.165, 1.54) is 48.8 Å². The lowest BCUT2D eigenvalue weighted by molar-refractivity contribution is 0.584. The van der Waals surface area contributed by atoms with Gasteiger partial charge in [0.25, 0.3) is 0 Å². The Kier molecular flexibility index (Phi) is 9.04. The molecule has 0 spiro atoms. The fourth-order valence-electron chi connectivity index (χ4n) is 5.41. The van der Waals surface area contributed by atoms with Gasteiger partial charge in [-0.3, -0.25) is 0 Å². The van der Waals surface area contributed by atoms with Crippen LogP contribution in [-0.2, 0) is 6.42 Å². The first-order valence-electron chi connectivity index (χ1n) is 15.3.